The number of halogens is 1. The first-order valence-corrected chi connectivity index (χ1v) is 6.86. The fourth-order valence-electron chi connectivity index (χ4n) is 1.65. The van der Waals surface area contributed by atoms with E-state index in [0.29, 0.717) is 11.3 Å². The molecule has 0 aliphatic heterocycles. The predicted molar refractivity (Wildman–Crippen MR) is 74.1 cm³/mol. The standard InChI is InChI=1S/C15H9FN2OS/c1-20-15-4-2-3-13(11(15)9-18)19-14-6-5-10(8-17)7-12(14)16/h2-7H,1H3. The minimum atomic E-state index is -0.637. The Kier molecular flexibility index (Phi) is 4.24. The van der Waals surface area contributed by atoms with Crippen LogP contribution in [0.4, 0.5) is 4.39 Å². The van der Waals surface area contributed by atoms with Gasteiger partial charge in [0.2, 0.25) is 0 Å². The smallest absolute Gasteiger partial charge is 0.167 e. The summed E-state index contributed by atoms with van der Waals surface area (Å²) in [6.07, 6.45) is 1.85. The molecular formula is C15H9FN2OS. The molecular weight excluding hydrogens is 275 g/mol. The molecule has 0 spiro atoms. The highest BCUT2D eigenvalue weighted by atomic mass is 32.2. The van der Waals surface area contributed by atoms with Gasteiger partial charge >= 0.3 is 0 Å². The van der Waals surface area contributed by atoms with Gasteiger partial charge in [-0.1, -0.05) is 6.07 Å². The highest BCUT2D eigenvalue weighted by Gasteiger charge is 2.12. The van der Waals surface area contributed by atoms with Crippen LogP contribution in [0.2, 0.25) is 0 Å². The van der Waals surface area contributed by atoms with Gasteiger partial charge in [0, 0.05) is 4.90 Å². The normalized spacial score (nSPS) is 9.60. The molecule has 3 nitrogen and oxygen atoms in total. The third kappa shape index (κ3) is 2.74. The van der Waals surface area contributed by atoms with Crippen LogP contribution in [0.5, 0.6) is 11.5 Å². The number of nitriles is 2. The van der Waals surface area contributed by atoms with Crippen LogP contribution in [0.3, 0.4) is 0 Å². The second kappa shape index (κ2) is 6.10. The first-order chi connectivity index (χ1) is 9.69. The van der Waals surface area contributed by atoms with Crippen LogP contribution < -0.4 is 4.74 Å². The number of nitrogens with zero attached hydrogens (tertiary/aromatic N) is 2. The maximum atomic E-state index is 13.8. The van der Waals surface area contributed by atoms with Gasteiger partial charge in [0.15, 0.2) is 11.6 Å². The van der Waals surface area contributed by atoms with Crippen molar-refractivity contribution in [1.82, 2.24) is 0 Å². The molecule has 0 saturated carbocycles. The van der Waals surface area contributed by atoms with E-state index in [9.17, 15) is 9.65 Å². The number of rotatable bonds is 3. The molecule has 98 valence electrons. The first-order valence-electron chi connectivity index (χ1n) is 5.64. The Morgan fingerprint density at radius 3 is 2.50 bits per heavy atom. The molecule has 0 N–H and O–H groups in total. The molecule has 0 bridgehead atoms. The Labute approximate surface area is 120 Å². The Morgan fingerprint density at radius 2 is 1.90 bits per heavy atom. The summed E-state index contributed by atoms with van der Waals surface area (Å²) in [5, 5.41) is 17.9. The molecule has 2 aromatic carbocycles. The summed E-state index contributed by atoms with van der Waals surface area (Å²) in [6.45, 7) is 0. The van der Waals surface area contributed by atoms with E-state index < -0.39 is 5.82 Å². The quantitative estimate of drug-likeness (QED) is 0.797. The molecule has 5 heteroatoms. The second-order valence-corrected chi connectivity index (χ2v) is 4.65. The first kappa shape index (κ1) is 13.9. The van der Waals surface area contributed by atoms with E-state index >= 15 is 0 Å². The molecule has 0 amide bonds. The van der Waals surface area contributed by atoms with Crippen LogP contribution >= 0.6 is 11.8 Å². The van der Waals surface area contributed by atoms with Crippen molar-refractivity contribution in [3.63, 3.8) is 0 Å². The van der Waals surface area contributed by atoms with Crippen LogP contribution in [0.15, 0.2) is 41.3 Å². The van der Waals surface area contributed by atoms with Crippen LogP contribution in [0.1, 0.15) is 11.1 Å². The molecule has 20 heavy (non-hydrogen) atoms. The molecule has 0 heterocycles. The van der Waals surface area contributed by atoms with Crippen LogP contribution in [0.25, 0.3) is 0 Å². The van der Waals surface area contributed by atoms with Crippen molar-refractivity contribution in [1.29, 1.82) is 10.5 Å². The van der Waals surface area contributed by atoms with E-state index in [0.717, 1.165) is 11.0 Å². The lowest BCUT2D eigenvalue weighted by Gasteiger charge is -2.10. The minimum absolute atomic E-state index is 0.0150. The SMILES string of the molecule is CSc1cccc(Oc2ccc(C#N)cc2F)c1C#N. The maximum Gasteiger partial charge on any atom is 0.167 e. The lowest BCUT2D eigenvalue weighted by Crippen LogP contribution is -1.93. The monoisotopic (exact) mass is 284 g/mol. The van der Waals surface area contributed by atoms with Gasteiger partial charge in [0.1, 0.15) is 17.4 Å². The number of hydrogen-bond acceptors (Lipinski definition) is 4. The molecule has 2 aromatic rings. The summed E-state index contributed by atoms with van der Waals surface area (Å²) < 4.78 is 19.2. The molecule has 0 unspecified atom stereocenters. The van der Waals surface area contributed by atoms with Crippen molar-refractivity contribution in [3.05, 3.63) is 53.3 Å². The lowest BCUT2D eigenvalue weighted by molar-refractivity contribution is 0.440. The molecule has 0 aliphatic rings. The average Bonchev–Trinajstić information content (AvgIpc) is 2.48. The number of ether oxygens (including phenoxy) is 1. The van der Waals surface area contributed by atoms with E-state index in [1.165, 1.54) is 23.9 Å². The zero-order valence-corrected chi connectivity index (χ0v) is 11.4. The summed E-state index contributed by atoms with van der Waals surface area (Å²) >= 11 is 1.42. The Bertz CT molecular complexity index is 732. The largest absolute Gasteiger partial charge is 0.453 e. The van der Waals surface area contributed by atoms with Crippen molar-refractivity contribution in [2.45, 2.75) is 4.90 Å². The lowest BCUT2D eigenvalue weighted by atomic mass is 10.2. The van der Waals surface area contributed by atoms with Crippen molar-refractivity contribution in [3.8, 4) is 23.6 Å². The van der Waals surface area contributed by atoms with Gasteiger partial charge in [-0.05, 0) is 36.6 Å². The van der Waals surface area contributed by atoms with E-state index in [-0.39, 0.29) is 11.3 Å². The zero-order valence-electron chi connectivity index (χ0n) is 10.6. The van der Waals surface area contributed by atoms with Gasteiger partial charge in [-0.15, -0.1) is 11.8 Å². The maximum absolute atomic E-state index is 13.8. The molecule has 0 aromatic heterocycles. The highest BCUT2D eigenvalue weighted by molar-refractivity contribution is 7.98. The number of hydrogen-bond donors (Lipinski definition) is 0. The van der Waals surface area contributed by atoms with Crippen molar-refractivity contribution in [2.75, 3.05) is 6.26 Å². The van der Waals surface area contributed by atoms with Gasteiger partial charge < -0.3 is 4.74 Å². The Morgan fingerprint density at radius 1 is 1.10 bits per heavy atom. The molecule has 0 aliphatic carbocycles. The van der Waals surface area contributed by atoms with E-state index in [1.54, 1.807) is 18.2 Å². The van der Waals surface area contributed by atoms with Crippen molar-refractivity contribution in [2.24, 2.45) is 0 Å². The molecule has 0 radical (unpaired) electrons. The van der Waals surface area contributed by atoms with E-state index in [4.69, 9.17) is 10.00 Å². The molecule has 0 fully saturated rings. The number of benzene rings is 2. The topological polar surface area (TPSA) is 56.8 Å². The zero-order chi connectivity index (χ0) is 14.5. The number of thioether (sulfide) groups is 1. The van der Waals surface area contributed by atoms with Gasteiger partial charge in [-0.2, -0.15) is 10.5 Å². The average molecular weight is 284 g/mol. The predicted octanol–water partition coefficient (Wildman–Crippen LogP) is 4.08. The van der Waals surface area contributed by atoms with Gasteiger partial charge in [-0.3, -0.25) is 0 Å². The fourth-order valence-corrected chi connectivity index (χ4v) is 2.21. The van der Waals surface area contributed by atoms with Crippen LogP contribution in [-0.2, 0) is 0 Å². The summed E-state index contributed by atoms with van der Waals surface area (Å²) in [7, 11) is 0. The van der Waals surface area contributed by atoms with Crippen LogP contribution in [0, 0.1) is 28.5 Å². The van der Waals surface area contributed by atoms with Gasteiger partial charge in [0.25, 0.3) is 0 Å². The third-order valence-electron chi connectivity index (χ3n) is 2.60. The molecule has 0 atom stereocenters. The summed E-state index contributed by atoms with van der Waals surface area (Å²) in [5.74, 6) is -0.357. The van der Waals surface area contributed by atoms with E-state index in [2.05, 4.69) is 6.07 Å². The summed E-state index contributed by atoms with van der Waals surface area (Å²) in [5.41, 5.74) is 0.581. The molecule has 2 rings (SSSR count). The molecule has 0 saturated heterocycles. The summed E-state index contributed by atoms with van der Waals surface area (Å²) in [4.78, 5) is 0.763. The van der Waals surface area contributed by atoms with E-state index in [1.807, 2.05) is 12.3 Å². The minimum Gasteiger partial charge on any atom is -0.453 e. The third-order valence-corrected chi connectivity index (χ3v) is 3.38. The Balaban J connectivity index is 2.41. The Hall–Kier alpha value is -2.50. The van der Waals surface area contributed by atoms with Crippen molar-refractivity contribution >= 4 is 11.8 Å². The highest BCUT2D eigenvalue weighted by Crippen LogP contribution is 2.32. The fraction of sp³-hybridized carbons (Fsp3) is 0.0667. The van der Waals surface area contributed by atoms with Crippen molar-refractivity contribution < 1.29 is 9.13 Å². The van der Waals surface area contributed by atoms with Crippen LogP contribution in [-0.4, -0.2) is 6.26 Å². The van der Waals surface area contributed by atoms with Gasteiger partial charge in [-0.25, -0.2) is 4.39 Å². The summed E-state index contributed by atoms with van der Waals surface area (Å²) in [6, 6.07) is 13.0. The van der Waals surface area contributed by atoms with Gasteiger partial charge in [0.05, 0.1) is 11.6 Å². The second-order valence-electron chi connectivity index (χ2n) is 3.80.